The predicted octanol–water partition coefficient (Wildman–Crippen LogP) is 6.02. The molecule has 0 saturated carbocycles. The van der Waals surface area contributed by atoms with Gasteiger partial charge in [0, 0.05) is 26.2 Å². The number of rotatable bonds is 6. The molecule has 0 atom stereocenters. The van der Waals surface area contributed by atoms with E-state index in [0.29, 0.717) is 11.1 Å². The molecule has 0 N–H and O–H groups in total. The van der Waals surface area contributed by atoms with Crippen LogP contribution in [0.4, 0.5) is 43.9 Å². The molecule has 2 aromatic carbocycles. The normalized spacial score (nSPS) is 19.7. The number of halogens is 10. The molecule has 0 radical (unpaired) electrons. The number of hydrogen-bond donors (Lipinski definition) is 0. The van der Waals surface area contributed by atoms with Gasteiger partial charge in [-0.1, -0.05) is 12.1 Å². The summed E-state index contributed by atoms with van der Waals surface area (Å²) in [6, 6.07) is 6.88. The second kappa shape index (κ2) is 9.66. The molecule has 3 aliphatic rings. The van der Waals surface area contributed by atoms with Crippen LogP contribution in [0.2, 0.25) is 0 Å². The van der Waals surface area contributed by atoms with E-state index in [1.54, 1.807) is 4.90 Å². The Morgan fingerprint density at radius 3 is 1.54 bits per heavy atom. The van der Waals surface area contributed by atoms with Gasteiger partial charge in [0.1, 0.15) is 0 Å². The summed E-state index contributed by atoms with van der Waals surface area (Å²) in [6.45, 7) is 2.90. The fraction of sp³-hybridized carbons (Fsp3) is 0.417. The first-order valence-electron chi connectivity index (χ1n) is 11.7. The summed E-state index contributed by atoms with van der Waals surface area (Å²) in [4.78, 5) is 2.78. The van der Waals surface area contributed by atoms with Gasteiger partial charge in [0.15, 0.2) is 28.9 Å². The van der Waals surface area contributed by atoms with Crippen LogP contribution in [0.3, 0.4) is 0 Å². The molecule has 0 amide bonds. The Hall–Kier alpha value is -3.76. The third-order valence-electron chi connectivity index (χ3n) is 6.36. The van der Waals surface area contributed by atoms with Crippen LogP contribution in [0, 0.1) is 0 Å². The van der Waals surface area contributed by atoms with Crippen molar-refractivity contribution >= 4 is 0 Å². The zero-order chi connectivity index (χ0) is 30.0. The summed E-state index contributed by atoms with van der Waals surface area (Å²) < 4.78 is 154. The number of alkyl halides is 10. The van der Waals surface area contributed by atoms with Crippen LogP contribution in [0.15, 0.2) is 48.9 Å². The van der Waals surface area contributed by atoms with E-state index >= 15 is 0 Å². The molecule has 5 rings (SSSR count). The number of nitrogens with zero attached hydrogens (tertiary/aromatic N) is 2. The maximum Gasteiger partial charge on any atom is 0.586 e. The molecule has 1 fully saturated rings. The van der Waals surface area contributed by atoms with Crippen LogP contribution in [0.1, 0.15) is 17.2 Å². The van der Waals surface area contributed by atoms with Crippen molar-refractivity contribution in [3.63, 3.8) is 0 Å². The molecule has 224 valence electrons. The second-order valence-corrected chi connectivity index (χ2v) is 9.15. The lowest BCUT2D eigenvalue weighted by molar-refractivity contribution is -0.317. The van der Waals surface area contributed by atoms with Gasteiger partial charge in [-0.15, -0.1) is 17.6 Å². The highest BCUT2D eigenvalue weighted by molar-refractivity contribution is 5.51. The van der Waals surface area contributed by atoms with Crippen molar-refractivity contribution in [1.29, 1.82) is 0 Å². The Balaban J connectivity index is 1.39. The topological polar surface area (TPSA) is 52.6 Å². The summed E-state index contributed by atoms with van der Waals surface area (Å²) in [5.41, 5.74) is 0.654. The van der Waals surface area contributed by atoms with Crippen molar-refractivity contribution in [2.75, 3.05) is 26.2 Å². The third kappa shape index (κ3) is 5.99. The first-order chi connectivity index (χ1) is 18.9. The summed E-state index contributed by atoms with van der Waals surface area (Å²) in [6.07, 6.45) is -23.4. The first kappa shape index (κ1) is 28.8. The Bertz CT molecular complexity index is 1240. The lowest BCUT2D eigenvalue weighted by Gasteiger charge is -2.41. The molecule has 1 saturated heterocycles. The van der Waals surface area contributed by atoms with Crippen molar-refractivity contribution in [2.45, 2.75) is 37.1 Å². The molecule has 0 bridgehead atoms. The van der Waals surface area contributed by atoms with E-state index in [0.717, 1.165) is 4.90 Å². The molecule has 3 aliphatic heterocycles. The predicted molar refractivity (Wildman–Crippen MR) is 116 cm³/mol. The SMILES string of the molecule is C=C(OC(C(F)(F)F)C(F)(F)F)N1CCN(C(c2ccc3c(c2)OC(F)(F)O3)c2ccc3c(c2)OC(F)(F)O3)CC1. The molecule has 7 nitrogen and oxygen atoms in total. The highest BCUT2D eigenvalue weighted by Crippen LogP contribution is 2.46. The number of ether oxygens (including phenoxy) is 5. The van der Waals surface area contributed by atoms with Crippen molar-refractivity contribution < 1.29 is 67.6 Å². The van der Waals surface area contributed by atoms with E-state index in [4.69, 9.17) is 0 Å². The van der Waals surface area contributed by atoms with Crippen molar-refractivity contribution in [3.8, 4) is 23.0 Å². The van der Waals surface area contributed by atoms with E-state index in [2.05, 4.69) is 30.3 Å². The minimum atomic E-state index is -5.74. The van der Waals surface area contributed by atoms with Crippen LogP contribution >= 0.6 is 0 Å². The van der Waals surface area contributed by atoms with Gasteiger partial charge in [0.2, 0.25) is 0 Å². The van der Waals surface area contributed by atoms with Gasteiger partial charge in [0.05, 0.1) is 6.04 Å². The lowest BCUT2D eigenvalue weighted by atomic mass is 9.95. The summed E-state index contributed by atoms with van der Waals surface area (Å²) in [7, 11) is 0. The number of piperazine rings is 1. The van der Waals surface area contributed by atoms with Gasteiger partial charge >= 0.3 is 24.9 Å². The molecule has 0 aliphatic carbocycles. The van der Waals surface area contributed by atoms with Gasteiger partial charge in [-0.25, -0.2) is 0 Å². The average molecular weight is 604 g/mol. The van der Waals surface area contributed by atoms with Crippen LogP contribution < -0.4 is 18.9 Å². The van der Waals surface area contributed by atoms with Crippen LogP contribution in [0.5, 0.6) is 23.0 Å². The fourth-order valence-corrected chi connectivity index (χ4v) is 4.64. The Labute approximate surface area is 224 Å². The van der Waals surface area contributed by atoms with Gasteiger partial charge in [-0.3, -0.25) is 4.90 Å². The molecule has 3 heterocycles. The van der Waals surface area contributed by atoms with E-state index in [1.165, 1.54) is 36.4 Å². The van der Waals surface area contributed by atoms with Gasteiger partial charge in [0.25, 0.3) is 6.10 Å². The molecule has 0 aromatic heterocycles. The van der Waals surface area contributed by atoms with Crippen molar-refractivity contribution in [1.82, 2.24) is 9.80 Å². The van der Waals surface area contributed by atoms with Crippen LogP contribution in [-0.2, 0) is 4.74 Å². The second-order valence-electron chi connectivity index (χ2n) is 9.15. The lowest BCUT2D eigenvalue weighted by Crippen LogP contribution is -2.50. The molecular formula is C24H18F10N2O5. The fourth-order valence-electron chi connectivity index (χ4n) is 4.64. The average Bonchev–Trinajstić information content (AvgIpc) is 3.33. The highest BCUT2D eigenvalue weighted by Gasteiger charge is 2.59. The zero-order valence-electron chi connectivity index (χ0n) is 20.4. The van der Waals surface area contributed by atoms with E-state index in [-0.39, 0.29) is 49.2 Å². The van der Waals surface area contributed by atoms with E-state index < -0.39 is 43.0 Å². The van der Waals surface area contributed by atoms with E-state index in [9.17, 15) is 43.9 Å². The molecule has 2 aromatic rings. The summed E-state index contributed by atoms with van der Waals surface area (Å²) in [5, 5.41) is 0. The smallest absolute Gasteiger partial charge is 0.457 e. The van der Waals surface area contributed by atoms with Crippen LogP contribution in [0.25, 0.3) is 0 Å². The first-order valence-corrected chi connectivity index (χ1v) is 11.7. The standard InChI is InChI=1S/C24H18F10N2O5/c1-12(37-20(21(25,26)27)22(28,29)30)35-6-8-36(9-7-35)19(13-2-4-15-17(10-13)40-23(31,32)38-15)14-3-5-16-18(11-14)41-24(33,34)39-16/h2-5,10-11,19-20H,1,6-9H2. The van der Waals surface area contributed by atoms with Crippen molar-refractivity contribution in [3.05, 3.63) is 60.0 Å². The molecule has 0 spiro atoms. The van der Waals surface area contributed by atoms with Gasteiger partial charge < -0.3 is 28.6 Å². The zero-order valence-corrected chi connectivity index (χ0v) is 20.4. The largest absolute Gasteiger partial charge is 0.586 e. The number of fused-ring (bicyclic) bond motifs is 2. The number of hydrogen-bond acceptors (Lipinski definition) is 7. The molecule has 41 heavy (non-hydrogen) atoms. The van der Waals surface area contributed by atoms with Crippen LogP contribution in [-0.4, -0.2) is 67.0 Å². The minimum Gasteiger partial charge on any atom is -0.457 e. The maximum absolute atomic E-state index is 13.6. The molecule has 17 heteroatoms. The molecular weight excluding hydrogens is 586 g/mol. The molecule has 0 unspecified atom stereocenters. The Morgan fingerprint density at radius 1 is 0.707 bits per heavy atom. The summed E-state index contributed by atoms with van der Waals surface area (Å²) in [5.74, 6) is -1.99. The monoisotopic (exact) mass is 604 g/mol. The Kier molecular flexibility index (Phi) is 6.78. The third-order valence-corrected chi connectivity index (χ3v) is 6.36. The van der Waals surface area contributed by atoms with Gasteiger partial charge in [-0.2, -0.15) is 26.3 Å². The minimum absolute atomic E-state index is 0.00898. The van der Waals surface area contributed by atoms with Crippen molar-refractivity contribution in [2.24, 2.45) is 0 Å². The van der Waals surface area contributed by atoms with Gasteiger partial charge in [-0.05, 0) is 42.0 Å². The van der Waals surface area contributed by atoms with E-state index in [1.807, 2.05) is 0 Å². The quantitative estimate of drug-likeness (QED) is 0.296. The number of benzene rings is 2. The summed E-state index contributed by atoms with van der Waals surface area (Å²) >= 11 is 0. The Morgan fingerprint density at radius 2 is 1.12 bits per heavy atom. The maximum atomic E-state index is 13.6. The highest BCUT2D eigenvalue weighted by atomic mass is 19.4.